The highest BCUT2D eigenvalue weighted by Gasteiger charge is 2.13. The Labute approximate surface area is 132 Å². The van der Waals surface area contributed by atoms with Gasteiger partial charge < -0.3 is 5.32 Å². The van der Waals surface area contributed by atoms with E-state index < -0.39 is 0 Å². The van der Waals surface area contributed by atoms with Crippen LogP contribution < -0.4 is 5.32 Å². The van der Waals surface area contributed by atoms with E-state index in [2.05, 4.69) is 15.5 Å². The van der Waals surface area contributed by atoms with Crippen molar-refractivity contribution in [1.82, 2.24) is 10.2 Å². The standard InChI is InChI=1S/C16H13Cl2N3/c1-2-19-16-12-6-4-3-5-11(12)15(20-21-16)13-8-7-10(17)9-14(13)18/h3-9H,2H2,1H3,(H,19,21). The summed E-state index contributed by atoms with van der Waals surface area (Å²) in [5, 5.41) is 15.1. The summed E-state index contributed by atoms with van der Waals surface area (Å²) < 4.78 is 0. The molecule has 0 atom stereocenters. The van der Waals surface area contributed by atoms with E-state index in [0.29, 0.717) is 10.0 Å². The topological polar surface area (TPSA) is 37.8 Å². The molecule has 0 bridgehead atoms. The van der Waals surface area contributed by atoms with Crippen LogP contribution in [0.5, 0.6) is 0 Å². The zero-order valence-corrected chi connectivity index (χ0v) is 12.9. The average Bonchev–Trinajstić information content (AvgIpc) is 2.49. The third-order valence-electron chi connectivity index (χ3n) is 3.22. The van der Waals surface area contributed by atoms with Crippen molar-refractivity contribution in [1.29, 1.82) is 0 Å². The molecule has 0 fully saturated rings. The lowest BCUT2D eigenvalue weighted by molar-refractivity contribution is 1.03. The van der Waals surface area contributed by atoms with Crippen LogP contribution in [0.15, 0.2) is 42.5 Å². The van der Waals surface area contributed by atoms with E-state index in [0.717, 1.165) is 34.4 Å². The first-order valence-corrected chi connectivity index (χ1v) is 7.41. The maximum absolute atomic E-state index is 6.30. The highest BCUT2D eigenvalue weighted by Crippen LogP contribution is 2.34. The molecule has 5 heteroatoms. The number of fused-ring (bicyclic) bond motifs is 1. The number of rotatable bonds is 3. The Bertz CT molecular complexity index is 803. The van der Waals surface area contributed by atoms with Crippen molar-refractivity contribution in [2.45, 2.75) is 6.92 Å². The van der Waals surface area contributed by atoms with Crippen LogP contribution in [-0.2, 0) is 0 Å². The summed E-state index contributed by atoms with van der Waals surface area (Å²) in [7, 11) is 0. The van der Waals surface area contributed by atoms with Gasteiger partial charge in [0, 0.05) is 27.9 Å². The van der Waals surface area contributed by atoms with E-state index in [9.17, 15) is 0 Å². The van der Waals surface area contributed by atoms with Gasteiger partial charge in [-0.3, -0.25) is 0 Å². The molecule has 1 N–H and O–H groups in total. The van der Waals surface area contributed by atoms with Gasteiger partial charge in [0.2, 0.25) is 0 Å². The summed E-state index contributed by atoms with van der Waals surface area (Å²) in [5.74, 6) is 0.780. The summed E-state index contributed by atoms with van der Waals surface area (Å²) in [6.45, 7) is 2.82. The molecule has 0 saturated heterocycles. The average molecular weight is 318 g/mol. The van der Waals surface area contributed by atoms with Crippen LogP contribution in [0.1, 0.15) is 6.92 Å². The highest BCUT2D eigenvalue weighted by atomic mass is 35.5. The van der Waals surface area contributed by atoms with Crippen molar-refractivity contribution < 1.29 is 0 Å². The molecule has 0 saturated carbocycles. The summed E-state index contributed by atoms with van der Waals surface area (Å²) in [5.41, 5.74) is 1.58. The molecule has 3 rings (SSSR count). The minimum Gasteiger partial charge on any atom is -0.368 e. The maximum atomic E-state index is 6.30. The molecule has 0 aliphatic heterocycles. The number of hydrogen-bond donors (Lipinski definition) is 1. The zero-order valence-electron chi connectivity index (χ0n) is 11.4. The first-order chi connectivity index (χ1) is 10.2. The number of hydrogen-bond acceptors (Lipinski definition) is 3. The molecule has 0 radical (unpaired) electrons. The molecular weight excluding hydrogens is 305 g/mol. The van der Waals surface area contributed by atoms with Gasteiger partial charge >= 0.3 is 0 Å². The minimum atomic E-state index is 0.568. The first-order valence-electron chi connectivity index (χ1n) is 6.65. The van der Waals surface area contributed by atoms with E-state index in [1.54, 1.807) is 12.1 Å². The predicted molar refractivity (Wildman–Crippen MR) is 89.2 cm³/mol. The molecule has 1 heterocycles. The molecule has 3 nitrogen and oxygen atoms in total. The van der Waals surface area contributed by atoms with E-state index in [1.807, 2.05) is 37.3 Å². The summed E-state index contributed by atoms with van der Waals surface area (Å²) in [4.78, 5) is 0. The quantitative estimate of drug-likeness (QED) is 0.735. The normalized spacial score (nSPS) is 10.8. The van der Waals surface area contributed by atoms with Gasteiger partial charge in [0.1, 0.15) is 5.69 Å². The number of benzene rings is 2. The minimum absolute atomic E-state index is 0.568. The molecule has 0 aliphatic carbocycles. The number of nitrogens with one attached hydrogen (secondary N) is 1. The predicted octanol–water partition coefficient (Wildman–Crippen LogP) is 5.04. The number of anilines is 1. The third kappa shape index (κ3) is 2.67. The van der Waals surface area contributed by atoms with Crippen molar-refractivity contribution in [3.05, 3.63) is 52.5 Å². The molecule has 1 aromatic heterocycles. The van der Waals surface area contributed by atoms with Gasteiger partial charge in [-0.2, -0.15) is 0 Å². The maximum Gasteiger partial charge on any atom is 0.156 e. The Kier molecular flexibility index (Phi) is 3.95. The van der Waals surface area contributed by atoms with Crippen LogP contribution in [0.3, 0.4) is 0 Å². The molecule has 106 valence electrons. The molecule has 3 aromatic rings. The monoisotopic (exact) mass is 317 g/mol. The highest BCUT2D eigenvalue weighted by molar-refractivity contribution is 6.36. The molecule has 0 unspecified atom stereocenters. The summed E-state index contributed by atoms with van der Waals surface area (Å²) in [6.07, 6.45) is 0. The van der Waals surface area contributed by atoms with Crippen LogP contribution in [0, 0.1) is 0 Å². The van der Waals surface area contributed by atoms with Gasteiger partial charge in [0.25, 0.3) is 0 Å². The van der Waals surface area contributed by atoms with Crippen LogP contribution in [0.25, 0.3) is 22.0 Å². The van der Waals surface area contributed by atoms with Gasteiger partial charge in [-0.25, -0.2) is 0 Å². The molecule has 2 aromatic carbocycles. The van der Waals surface area contributed by atoms with Gasteiger partial charge in [0.15, 0.2) is 5.82 Å². The fourth-order valence-electron chi connectivity index (χ4n) is 2.28. The smallest absolute Gasteiger partial charge is 0.156 e. The fraction of sp³-hybridized carbons (Fsp3) is 0.125. The molecule has 21 heavy (non-hydrogen) atoms. The summed E-state index contributed by atoms with van der Waals surface area (Å²) in [6, 6.07) is 13.4. The van der Waals surface area contributed by atoms with Gasteiger partial charge in [-0.15, -0.1) is 10.2 Å². The Hall–Kier alpha value is -1.84. The molecule has 0 spiro atoms. The Morgan fingerprint density at radius 3 is 2.48 bits per heavy atom. The lowest BCUT2D eigenvalue weighted by Crippen LogP contribution is -2.02. The van der Waals surface area contributed by atoms with Crippen LogP contribution >= 0.6 is 23.2 Å². The second kappa shape index (κ2) is 5.88. The van der Waals surface area contributed by atoms with E-state index in [1.165, 1.54) is 0 Å². The Morgan fingerprint density at radius 2 is 1.76 bits per heavy atom. The van der Waals surface area contributed by atoms with Crippen molar-refractivity contribution >= 4 is 39.8 Å². The number of nitrogens with zero attached hydrogens (tertiary/aromatic N) is 2. The van der Waals surface area contributed by atoms with Gasteiger partial charge in [-0.1, -0.05) is 47.5 Å². The first kappa shape index (κ1) is 14.1. The van der Waals surface area contributed by atoms with E-state index in [-0.39, 0.29) is 0 Å². The largest absolute Gasteiger partial charge is 0.368 e. The fourth-order valence-corrected chi connectivity index (χ4v) is 2.78. The molecule has 0 amide bonds. The van der Waals surface area contributed by atoms with Crippen LogP contribution in [-0.4, -0.2) is 16.7 Å². The Balaban J connectivity index is 2.26. The third-order valence-corrected chi connectivity index (χ3v) is 3.77. The summed E-state index contributed by atoms with van der Waals surface area (Å²) >= 11 is 12.3. The molecular formula is C16H13Cl2N3. The van der Waals surface area contributed by atoms with Crippen molar-refractivity contribution in [3.63, 3.8) is 0 Å². The van der Waals surface area contributed by atoms with E-state index in [4.69, 9.17) is 23.2 Å². The van der Waals surface area contributed by atoms with Gasteiger partial charge in [0.05, 0.1) is 5.02 Å². The Morgan fingerprint density at radius 1 is 1.00 bits per heavy atom. The lowest BCUT2D eigenvalue weighted by atomic mass is 10.0. The SMILES string of the molecule is CCNc1nnc(-c2ccc(Cl)cc2Cl)c2ccccc12. The van der Waals surface area contributed by atoms with Crippen molar-refractivity contribution in [2.24, 2.45) is 0 Å². The lowest BCUT2D eigenvalue weighted by Gasteiger charge is -2.11. The van der Waals surface area contributed by atoms with Crippen LogP contribution in [0.2, 0.25) is 10.0 Å². The number of aromatic nitrogens is 2. The van der Waals surface area contributed by atoms with Crippen molar-refractivity contribution in [3.8, 4) is 11.3 Å². The van der Waals surface area contributed by atoms with Gasteiger partial charge in [-0.05, 0) is 25.1 Å². The van der Waals surface area contributed by atoms with E-state index >= 15 is 0 Å². The second-order valence-corrected chi connectivity index (χ2v) is 5.44. The van der Waals surface area contributed by atoms with Crippen LogP contribution in [0.4, 0.5) is 5.82 Å². The molecule has 0 aliphatic rings. The zero-order chi connectivity index (χ0) is 14.8. The second-order valence-electron chi connectivity index (χ2n) is 4.60. The van der Waals surface area contributed by atoms with Crippen molar-refractivity contribution in [2.75, 3.05) is 11.9 Å². The number of halogens is 2.